The van der Waals surface area contributed by atoms with Gasteiger partial charge in [0.15, 0.2) is 11.7 Å². The number of rotatable bonds is 3. The molecule has 17 heavy (non-hydrogen) atoms. The quantitative estimate of drug-likeness (QED) is 0.777. The number of ketones is 1. The van der Waals surface area contributed by atoms with E-state index in [-0.39, 0.29) is 5.78 Å². The summed E-state index contributed by atoms with van der Waals surface area (Å²) < 4.78 is 0. The van der Waals surface area contributed by atoms with Crippen LogP contribution in [0.2, 0.25) is 0 Å². The molecule has 1 atom stereocenters. The molecule has 0 amide bonds. The molecule has 2 heterocycles. The van der Waals surface area contributed by atoms with Crippen LogP contribution in [0, 0.1) is 18.3 Å². The Morgan fingerprint density at radius 3 is 2.76 bits per heavy atom. The van der Waals surface area contributed by atoms with Gasteiger partial charge in [0.05, 0.1) is 16.6 Å². The topological polar surface area (TPSA) is 53.8 Å². The van der Waals surface area contributed by atoms with E-state index in [4.69, 9.17) is 5.26 Å². The summed E-state index contributed by atoms with van der Waals surface area (Å²) in [5, 5.41) is 9.11. The Morgan fingerprint density at radius 1 is 1.41 bits per heavy atom. The van der Waals surface area contributed by atoms with E-state index in [1.54, 1.807) is 30.5 Å². The molecule has 2 aromatic heterocycles. The summed E-state index contributed by atoms with van der Waals surface area (Å²) in [6.07, 6.45) is 1.59. The number of carbonyl (C=O) groups is 1. The number of aromatic nitrogens is 1. The molecule has 0 aromatic carbocycles. The number of hydrogen-bond donors (Lipinski definition) is 0. The summed E-state index contributed by atoms with van der Waals surface area (Å²) in [6, 6.07) is 10.9. The van der Waals surface area contributed by atoms with Gasteiger partial charge in [0, 0.05) is 11.1 Å². The number of nitrogens with zero attached hydrogens (tertiary/aromatic N) is 2. The van der Waals surface area contributed by atoms with E-state index in [1.165, 1.54) is 11.3 Å². The van der Waals surface area contributed by atoms with E-state index < -0.39 is 5.92 Å². The Bertz CT molecular complexity index is 569. The molecular weight excluding hydrogens is 232 g/mol. The molecule has 2 rings (SSSR count). The summed E-state index contributed by atoms with van der Waals surface area (Å²) in [5.41, 5.74) is 0.506. The summed E-state index contributed by atoms with van der Waals surface area (Å²) in [6.45, 7) is 1.93. The minimum Gasteiger partial charge on any atom is -0.291 e. The zero-order chi connectivity index (χ0) is 12.3. The maximum Gasteiger partial charge on any atom is 0.195 e. The van der Waals surface area contributed by atoms with Gasteiger partial charge in [0.2, 0.25) is 0 Å². The Kier molecular flexibility index (Phi) is 3.31. The lowest BCUT2D eigenvalue weighted by Gasteiger charge is -2.05. The molecule has 1 unspecified atom stereocenters. The number of aryl methyl sites for hydroxylation is 1. The van der Waals surface area contributed by atoms with Crippen molar-refractivity contribution in [2.45, 2.75) is 12.8 Å². The molecule has 0 aliphatic carbocycles. The molecule has 0 fully saturated rings. The third-order valence-electron chi connectivity index (χ3n) is 2.36. The lowest BCUT2D eigenvalue weighted by molar-refractivity contribution is 0.0981. The number of nitriles is 1. The highest BCUT2D eigenvalue weighted by Crippen LogP contribution is 2.23. The fraction of sp³-hybridized carbons (Fsp3) is 0.154. The van der Waals surface area contributed by atoms with E-state index >= 15 is 0 Å². The zero-order valence-electron chi connectivity index (χ0n) is 9.25. The summed E-state index contributed by atoms with van der Waals surface area (Å²) >= 11 is 1.41. The smallest absolute Gasteiger partial charge is 0.195 e. The minimum absolute atomic E-state index is 0.177. The third-order valence-corrected chi connectivity index (χ3v) is 3.37. The third kappa shape index (κ3) is 2.40. The van der Waals surface area contributed by atoms with Crippen LogP contribution in [0.4, 0.5) is 0 Å². The molecular formula is C13H10N2OS. The van der Waals surface area contributed by atoms with Crippen molar-refractivity contribution >= 4 is 17.1 Å². The minimum atomic E-state index is -0.811. The van der Waals surface area contributed by atoms with E-state index in [2.05, 4.69) is 4.98 Å². The molecule has 0 N–H and O–H groups in total. The second-order valence-corrected chi connectivity index (χ2v) is 4.88. The Hall–Kier alpha value is -1.99. The van der Waals surface area contributed by atoms with Gasteiger partial charge in [-0.15, -0.1) is 11.3 Å². The van der Waals surface area contributed by atoms with Gasteiger partial charge in [0.25, 0.3) is 0 Å². The van der Waals surface area contributed by atoms with Crippen molar-refractivity contribution in [3.8, 4) is 6.07 Å². The van der Waals surface area contributed by atoms with Crippen molar-refractivity contribution in [2.75, 3.05) is 0 Å². The van der Waals surface area contributed by atoms with Crippen molar-refractivity contribution < 1.29 is 4.79 Å². The van der Waals surface area contributed by atoms with Gasteiger partial charge in [-0.2, -0.15) is 5.26 Å². The summed E-state index contributed by atoms with van der Waals surface area (Å²) in [7, 11) is 0. The number of carbonyl (C=O) groups excluding carboxylic acids is 1. The molecule has 4 heteroatoms. The zero-order valence-corrected chi connectivity index (χ0v) is 10.1. The molecule has 0 aliphatic rings. The Morgan fingerprint density at radius 2 is 2.24 bits per heavy atom. The Labute approximate surface area is 103 Å². The van der Waals surface area contributed by atoms with E-state index in [1.807, 2.05) is 19.1 Å². The molecule has 2 aromatic rings. The second-order valence-electron chi connectivity index (χ2n) is 3.59. The average Bonchev–Trinajstić information content (AvgIpc) is 2.78. The first-order valence-corrected chi connectivity index (χ1v) is 5.95. The van der Waals surface area contributed by atoms with Gasteiger partial charge < -0.3 is 0 Å². The number of pyridine rings is 1. The molecule has 0 saturated heterocycles. The van der Waals surface area contributed by atoms with Crippen LogP contribution in [0.3, 0.4) is 0 Å². The maximum absolute atomic E-state index is 12.1. The summed E-state index contributed by atoms with van der Waals surface area (Å²) in [5.74, 6) is -0.987. The van der Waals surface area contributed by atoms with Crippen LogP contribution in [-0.4, -0.2) is 10.8 Å². The van der Waals surface area contributed by atoms with Crippen molar-refractivity contribution in [2.24, 2.45) is 0 Å². The van der Waals surface area contributed by atoms with Gasteiger partial charge in [-0.05, 0) is 31.2 Å². The first-order valence-electron chi connectivity index (χ1n) is 5.13. The normalized spacial score (nSPS) is 11.8. The highest BCUT2D eigenvalue weighted by molar-refractivity contribution is 7.14. The number of Topliss-reactive ketones (excluding diaryl/α,β-unsaturated/α-hetero) is 1. The number of thiophene rings is 1. The van der Waals surface area contributed by atoms with Crippen molar-refractivity contribution in [3.63, 3.8) is 0 Å². The van der Waals surface area contributed by atoms with Gasteiger partial charge in [-0.1, -0.05) is 6.07 Å². The fourth-order valence-corrected chi connectivity index (χ4v) is 2.35. The monoisotopic (exact) mass is 242 g/mol. The molecule has 3 nitrogen and oxygen atoms in total. The molecule has 0 saturated carbocycles. The SMILES string of the molecule is Cc1ccc(C(=O)C(C#N)c2ccccn2)s1. The lowest BCUT2D eigenvalue weighted by atomic mass is 10.0. The van der Waals surface area contributed by atoms with Crippen LogP contribution in [0.5, 0.6) is 0 Å². The summed E-state index contributed by atoms with van der Waals surface area (Å²) in [4.78, 5) is 17.9. The fourth-order valence-electron chi connectivity index (χ4n) is 1.52. The predicted molar refractivity (Wildman–Crippen MR) is 66.0 cm³/mol. The van der Waals surface area contributed by atoms with Crippen LogP contribution in [0.25, 0.3) is 0 Å². The maximum atomic E-state index is 12.1. The molecule has 0 radical (unpaired) electrons. The second kappa shape index (κ2) is 4.89. The average molecular weight is 242 g/mol. The van der Waals surface area contributed by atoms with Crippen molar-refractivity contribution in [1.29, 1.82) is 5.26 Å². The largest absolute Gasteiger partial charge is 0.291 e. The van der Waals surface area contributed by atoms with Crippen LogP contribution >= 0.6 is 11.3 Å². The Balaban J connectivity index is 2.32. The van der Waals surface area contributed by atoms with Crippen LogP contribution in [0.15, 0.2) is 36.5 Å². The van der Waals surface area contributed by atoms with Crippen LogP contribution < -0.4 is 0 Å². The molecule has 0 aliphatic heterocycles. The van der Waals surface area contributed by atoms with E-state index in [0.29, 0.717) is 10.6 Å². The van der Waals surface area contributed by atoms with E-state index in [0.717, 1.165) is 4.88 Å². The molecule has 0 spiro atoms. The molecule has 0 bridgehead atoms. The van der Waals surface area contributed by atoms with Gasteiger partial charge in [-0.3, -0.25) is 9.78 Å². The number of hydrogen-bond acceptors (Lipinski definition) is 4. The van der Waals surface area contributed by atoms with Crippen molar-refractivity contribution in [3.05, 3.63) is 52.0 Å². The standard InChI is InChI=1S/C13H10N2OS/c1-9-5-6-12(17-9)13(16)10(8-14)11-4-2-3-7-15-11/h2-7,10H,1H3. The van der Waals surface area contributed by atoms with Gasteiger partial charge >= 0.3 is 0 Å². The predicted octanol–water partition coefficient (Wildman–Crippen LogP) is 2.94. The highest BCUT2D eigenvalue weighted by Gasteiger charge is 2.23. The van der Waals surface area contributed by atoms with Crippen molar-refractivity contribution in [1.82, 2.24) is 4.98 Å². The van der Waals surface area contributed by atoms with Crippen LogP contribution in [0.1, 0.15) is 26.2 Å². The van der Waals surface area contributed by atoms with E-state index in [9.17, 15) is 4.79 Å². The first kappa shape index (κ1) is 11.5. The van der Waals surface area contributed by atoms with Crippen LogP contribution in [-0.2, 0) is 0 Å². The highest BCUT2D eigenvalue weighted by atomic mass is 32.1. The van der Waals surface area contributed by atoms with Gasteiger partial charge in [0.1, 0.15) is 0 Å². The first-order chi connectivity index (χ1) is 8.22. The lowest BCUT2D eigenvalue weighted by Crippen LogP contribution is -2.11. The molecule has 84 valence electrons. The van der Waals surface area contributed by atoms with Gasteiger partial charge in [-0.25, -0.2) is 0 Å².